The molecule has 0 bridgehead atoms. The molecule has 0 aromatic carbocycles. The van der Waals surface area contributed by atoms with Crippen LogP contribution in [-0.2, 0) is 11.2 Å². The second-order valence-corrected chi connectivity index (χ2v) is 7.05. The Morgan fingerprint density at radius 1 is 1.50 bits per heavy atom. The van der Waals surface area contributed by atoms with Crippen LogP contribution in [0.4, 0.5) is 11.6 Å². The molecule has 0 radical (unpaired) electrons. The van der Waals surface area contributed by atoms with E-state index in [-0.39, 0.29) is 17.9 Å². The molecule has 2 atom stereocenters. The number of fused-ring (bicyclic) bond motifs is 1. The zero-order valence-electron chi connectivity index (χ0n) is 14.0. The monoisotopic (exact) mass is 326 g/mol. The topological polar surface area (TPSA) is 85.2 Å². The quantitative estimate of drug-likeness (QED) is 0.878. The maximum absolute atomic E-state index is 12.4. The fourth-order valence-electron chi connectivity index (χ4n) is 4.60. The summed E-state index contributed by atoms with van der Waals surface area (Å²) in [5.74, 6) is 2.36. The number of nitrogens with one attached hydrogen (secondary N) is 1. The van der Waals surface area contributed by atoms with Crippen molar-refractivity contribution in [2.45, 2.75) is 38.1 Å². The zero-order valence-corrected chi connectivity index (χ0v) is 14.0. The first kappa shape index (κ1) is 15.2. The number of rotatable bonds is 2. The molecule has 2 fully saturated rings. The third-order valence-corrected chi connectivity index (χ3v) is 5.94. The summed E-state index contributed by atoms with van der Waals surface area (Å²) in [7, 11) is 0. The molecular formula is C17H22N6O. The van der Waals surface area contributed by atoms with Crippen molar-refractivity contribution < 1.29 is 4.79 Å². The number of nitriles is 1. The van der Waals surface area contributed by atoms with Gasteiger partial charge in [-0.2, -0.15) is 5.26 Å². The van der Waals surface area contributed by atoms with Crippen LogP contribution in [0, 0.1) is 17.2 Å². The van der Waals surface area contributed by atoms with E-state index in [2.05, 4.69) is 27.1 Å². The van der Waals surface area contributed by atoms with E-state index in [1.807, 2.05) is 11.0 Å². The van der Waals surface area contributed by atoms with Crippen LogP contribution < -0.4 is 10.2 Å². The van der Waals surface area contributed by atoms with E-state index in [1.54, 1.807) is 6.33 Å². The van der Waals surface area contributed by atoms with Crippen molar-refractivity contribution in [1.29, 1.82) is 5.26 Å². The lowest BCUT2D eigenvalue weighted by Crippen LogP contribution is -2.52. The number of aromatic nitrogens is 2. The number of carbonyl (C=O) groups is 1. The first-order valence-corrected chi connectivity index (χ1v) is 8.66. The highest BCUT2D eigenvalue weighted by Crippen LogP contribution is 2.44. The van der Waals surface area contributed by atoms with Crippen LogP contribution in [0.5, 0.6) is 0 Å². The lowest BCUT2D eigenvalue weighted by atomic mass is 9.85. The van der Waals surface area contributed by atoms with Crippen LogP contribution >= 0.6 is 0 Å². The van der Waals surface area contributed by atoms with E-state index in [9.17, 15) is 4.79 Å². The highest BCUT2D eigenvalue weighted by atomic mass is 16.2. The minimum atomic E-state index is -0.155. The van der Waals surface area contributed by atoms with Crippen molar-refractivity contribution >= 4 is 17.5 Å². The van der Waals surface area contributed by atoms with E-state index in [0.29, 0.717) is 5.92 Å². The molecule has 1 aromatic heterocycles. The van der Waals surface area contributed by atoms with Crippen molar-refractivity contribution in [3.63, 3.8) is 0 Å². The molecule has 0 aliphatic carbocycles. The number of likely N-dealkylation sites (tertiary alicyclic amines) is 1. The number of carbonyl (C=O) groups excluding carboxylic acids is 1. The molecule has 4 rings (SSSR count). The van der Waals surface area contributed by atoms with Crippen molar-refractivity contribution in [3.05, 3.63) is 11.9 Å². The number of hydrogen-bond acceptors (Lipinski definition) is 6. The van der Waals surface area contributed by atoms with E-state index in [4.69, 9.17) is 5.26 Å². The molecule has 1 amide bonds. The fourth-order valence-corrected chi connectivity index (χ4v) is 4.60. The molecule has 1 aromatic rings. The Bertz CT molecular complexity index is 714. The van der Waals surface area contributed by atoms with Gasteiger partial charge in [0.1, 0.15) is 24.4 Å². The van der Waals surface area contributed by atoms with Gasteiger partial charge < -0.3 is 15.1 Å². The Morgan fingerprint density at radius 3 is 3.21 bits per heavy atom. The van der Waals surface area contributed by atoms with Crippen LogP contribution in [-0.4, -0.2) is 52.5 Å². The zero-order chi connectivity index (χ0) is 16.7. The van der Waals surface area contributed by atoms with Gasteiger partial charge >= 0.3 is 0 Å². The summed E-state index contributed by atoms with van der Waals surface area (Å²) in [5.41, 5.74) is 1.03. The van der Waals surface area contributed by atoms with Crippen LogP contribution in [0.25, 0.3) is 0 Å². The molecule has 2 unspecified atom stereocenters. The minimum Gasteiger partial charge on any atom is -0.369 e. The second-order valence-electron chi connectivity index (χ2n) is 7.05. The third-order valence-electron chi connectivity index (χ3n) is 5.94. The molecule has 7 nitrogen and oxygen atoms in total. The molecule has 1 N–H and O–H groups in total. The largest absolute Gasteiger partial charge is 0.369 e. The van der Waals surface area contributed by atoms with Gasteiger partial charge in [-0.05, 0) is 25.2 Å². The van der Waals surface area contributed by atoms with Gasteiger partial charge in [0.2, 0.25) is 5.91 Å². The van der Waals surface area contributed by atoms with Crippen molar-refractivity contribution in [1.82, 2.24) is 14.9 Å². The maximum Gasteiger partial charge on any atom is 0.237 e. The molecule has 3 aliphatic heterocycles. The van der Waals surface area contributed by atoms with Crippen LogP contribution in [0.3, 0.4) is 0 Å². The van der Waals surface area contributed by atoms with Gasteiger partial charge in [-0.25, -0.2) is 9.97 Å². The van der Waals surface area contributed by atoms with Gasteiger partial charge in [-0.3, -0.25) is 4.79 Å². The first-order valence-electron chi connectivity index (χ1n) is 8.66. The molecule has 2 saturated heterocycles. The Balaban J connectivity index is 1.62. The molecule has 4 heterocycles. The van der Waals surface area contributed by atoms with Gasteiger partial charge in [0.15, 0.2) is 0 Å². The van der Waals surface area contributed by atoms with E-state index < -0.39 is 0 Å². The van der Waals surface area contributed by atoms with Crippen LogP contribution in [0.15, 0.2) is 6.33 Å². The molecule has 1 spiro atoms. The number of nitrogens with zero attached hydrogens (tertiary/aromatic N) is 5. The van der Waals surface area contributed by atoms with E-state index in [1.165, 1.54) is 5.56 Å². The highest BCUT2D eigenvalue weighted by molar-refractivity contribution is 5.80. The number of amides is 1. The summed E-state index contributed by atoms with van der Waals surface area (Å²) < 4.78 is 0. The van der Waals surface area contributed by atoms with Crippen LogP contribution in [0.2, 0.25) is 0 Å². The van der Waals surface area contributed by atoms with Crippen molar-refractivity contribution in [3.8, 4) is 6.07 Å². The SMILES string of the molecule is CC1CCN(C(=O)CC#N)C12CCN(c1ncnc3c1CCN3)C2. The molecule has 3 aliphatic rings. The molecular weight excluding hydrogens is 304 g/mol. The standard InChI is InChI=1S/C17H22N6O/c1-12-4-8-23(14(24)2-6-18)17(12)5-9-22(10-17)16-13-3-7-19-15(13)20-11-21-16/h11-12H,2-5,7-10H2,1H3,(H,19,20,21). The Hall–Kier alpha value is -2.36. The van der Waals surface area contributed by atoms with Crippen molar-refractivity contribution in [2.24, 2.45) is 5.92 Å². The summed E-state index contributed by atoms with van der Waals surface area (Å²) in [6, 6.07) is 2.01. The first-order chi connectivity index (χ1) is 11.7. The molecule has 24 heavy (non-hydrogen) atoms. The lowest BCUT2D eigenvalue weighted by Gasteiger charge is -2.38. The molecule has 0 saturated carbocycles. The third kappa shape index (κ3) is 2.13. The average Bonchev–Trinajstić information content (AvgIpc) is 3.28. The summed E-state index contributed by atoms with van der Waals surface area (Å²) in [4.78, 5) is 25.6. The van der Waals surface area contributed by atoms with E-state index >= 15 is 0 Å². The van der Waals surface area contributed by atoms with E-state index in [0.717, 1.165) is 57.1 Å². The Kier molecular flexibility index (Phi) is 3.56. The molecule has 126 valence electrons. The minimum absolute atomic E-state index is 0.0265. The van der Waals surface area contributed by atoms with Crippen molar-refractivity contribution in [2.75, 3.05) is 36.4 Å². The van der Waals surface area contributed by atoms with Gasteiger partial charge in [-0.15, -0.1) is 0 Å². The summed E-state index contributed by atoms with van der Waals surface area (Å²) in [6.45, 7) is 5.59. The lowest BCUT2D eigenvalue weighted by molar-refractivity contribution is -0.134. The normalized spacial score (nSPS) is 28.1. The smallest absolute Gasteiger partial charge is 0.237 e. The fraction of sp³-hybridized carbons (Fsp3) is 0.647. The van der Waals surface area contributed by atoms with Gasteiger partial charge in [-0.1, -0.05) is 6.92 Å². The van der Waals surface area contributed by atoms with Gasteiger partial charge in [0.05, 0.1) is 11.6 Å². The predicted octanol–water partition coefficient (Wildman–Crippen LogP) is 1.18. The highest BCUT2D eigenvalue weighted by Gasteiger charge is 2.52. The molecule has 7 heteroatoms. The second kappa shape index (κ2) is 5.62. The predicted molar refractivity (Wildman–Crippen MR) is 89.5 cm³/mol. The van der Waals surface area contributed by atoms with Crippen LogP contribution in [0.1, 0.15) is 31.7 Å². The Morgan fingerprint density at radius 2 is 2.38 bits per heavy atom. The number of anilines is 2. The summed E-state index contributed by atoms with van der Waals surface area (Å²) in [6.07, 6.45) is 4.49. The van der Waals surface area contributed by atoms with Gasteiger partial charge in [0.25, 0.3) is 0 Å². The maximum atomic E-state index is 12.4. The van der Waals surface area contributed by atoms with Gasteiger partial charge in [0, 0.05) is 31.7 Å². The average molecular weight is 326 g/mol. The summed E-state index contributed by atoms with van der Waals surface area (Å²) >= 11 is 0. The number of hydrogen-bond donors (Lipinski definition) is 1. The Labute approximate surface area is 141 Å². The summed E-state index contributed by atoms with van der Waals surface area (Å²) in [5, 5.41) is 12.2.